The van der Waals surface area contributed by atoms with Crippen LogP contribution in [-0.4, -0.2) is 31.4 Å². The summed E-state index contributed by atoms with van der Waals surface area (Å²) in [6.07, 6.45) is 0. The molecule has 1 amide bonds. The summed E-state index contributed by atoms with van der Waals surface area (Å²) >= 11 is 13.6. The predicted molar refractivity (Wildman–Crippen MR) is 116 cm³/mol. The molecule has 8 nitrogen and oxygen atoms in total. The van der Waals surface area contributed by atoms with Crippen LogP contribution in [0.4, 0.5) is 5.82 Å². The SMILES string of the molecule is Cc1cc(NC(=O)CSc2nc3c(sc(=S)n3-c3ccc(Cl)cc3)c(=O)[nH]2)no1. The van der Waals surface area contributed by atoms with Gasteiger partial charge in [0.15, 0.2) is 20.6 Å². The molecule has 3 heterocycles. The molecule has 0 fully saturated rings. The molecule has 0 bridgehead atoms. The number of fused-ring (bicyclic) bond motifs is 1. The van der Waals surface area contributed by atoms with Gasteiger partial charge in [-0.1, -0.05) is 39.9 Å². The van der Waals surface area contributed by atoms with Crippen molar-refractivity contribution in [2.45, 2.75) is 12.1 Å². The summed E-state index contributed by atoms with van der Waals surface area (Å²) in [7, 11) is 0. The largest absolute Gasteiger partial charge is 0.360 e. The summed E-state index contributed by atoms with van der Waals surface area (Å²) in [6, 6.07) is 8.68. The molecule has 0 aliphatic rings. The van der Waals surface area contributed by atoms with Crippen LogP contribution in [-0.2, 0) is 4.79 Å². The first-order chi connectivity index (χ1) is 13.9. The molecule has 0 aliphatic heterocycles. The number of rotatable bonds is 5. The number of aryl methyl sites for hydroxylation is 1. The number of thioether (sulfide) groups is 1. The van der Waals surface area contributed by atoms with E-state index >= 15 is 0 Å². The standard InChI is InChI=1S/C17H12ClN5O3S3/c1-8-6-11(22-26-8)19-12(24)7-28-16-20-14-13(15(25)21-16)29-17(27)23(14)10-4-2-9(18)3-5-10/h2-6H,7H2,1H3,(H,19,22,24)(H,20,21,25). The number of thiazole rings is 1. The smallest absolute Gasteiger partial charge is 0.271 e. The van der Waals surface area contributed by atoms with Crippen molar-refractivity contribution in [2.75, 3.05) is 11.1 Å². The maximum atomic E-state index is 12.5. The second-order valence-electron chi connectivity index (χ2n) is 5.86. The number of anilines is 1. The Bertz CT molecular complexity index is 1320. The summed E-state index contributed by atoms with van der Waals surface area (Å²) in [5.41, 5.74) is 0.869. The zero-order chi connectivity index (χ0) is 20.5. The van der Waals surface area contributed by atoms with Crippen LogP contribution in [0.2, 0.25) is 5.02 Å². The Kier molecular flexibility index (Phi) is 5.54. The van der Waals surface area contributed by atoms with Crippen LogP contribution in [0, 0.1) is 10.9 Å². The summed E-state index contributed by atoms with van der Waals surface area (Å²) < 4.78 is 7.52. The van der Waals surface area contributed by atoms with Gasteiger partial charge in [-0.05, 0) is 43.4 Å². The number of halogens is 1. The molecule has 2 N–H and O–H groups in total. The number of carbonyl (C=O) groups is 1. The Balaban J connectivity index is 1.61. The van der Waals surface area contributed by atoms with Gasteiger partial charge in [0.2, 0.25) is 5.91 Å². The fourth-order valence-electron chi connectivity index (χ4n) is 2.52. The molecule has 1 aromatic carbocycles. The molecule has 0 saturated carbocycles. The van der Waals surface area contributed by atoms with Gasteiger partial charge >= 0.3 is 0 Å². The zero-order valence-corrected chi connectivity index (χ0v) is 18.0. The first-order valence-electron chi connectivity index (χ1n) is 8.18. The highest BCUT2D eigenvalue weighted by molar-refractivity contribution is 7.99. The monoisotopic (exact) mass is 465 g/mol. The second-order valence-corrected chi connectivity index (χ2v) is 8.91. The van der Waals surface area contributed by atoms with E-state index in [1.165, 1.54) is 11.3 Å². The molecule has 0 saturated heterocycles. The van der Waals surface area contributed by atoms with E-state index in [1.807, 2.05) is 0 Å². The molecule has 4 rings (SSSR count). The Morgan fingerprint density at radius 3 is 2.86 bits per heavy atom. The van der Waals surface area contributed by atoms with Gasteiger partial charge in [-0.25, -0.2) is 4.98 Å². The van der Waals surface area contributed by atoms with Gasteiger partial charge in [0, 0.05) is 16.8 Å². The molecule has 148 valence electrons. The average molecular weight is 466 g/mol. The van der Waals surface area contributed by atoms with Crippen molar-refractivity contribution in [1.29, 1.82) is 0 Å². The lowest BCUT2D eigenvalue weighted by atomic mass is 10.3. The topological polar surface area (TPSA) is 106 Å². The number of aromatic amines is 1. The summed E-state index contributed by atoms with van der Waals surface area (Å²) in [4.78, 5) is 31.8. The Morgan fingerprint density at radius 1 is 1.41 bits per heavy atom. The van der Waals surface area contributed by atoms with Crippen LogP contribution in [0.1, 0.15) is 5.76 Å². The highest BCUT2D eigenvalue weighted by Gasteiger charge is 2.15. The van der Waals surface area contributed by atoms with E-state index in [-0.39, 0.29) is 17.2 Å². The van der Waals surface area contributed by atoms with Crippen molar-refractivity contribution >= 4 is 69.0 Å². The van der Waals surface area contributed by atoms with Gasteiger partial charge < -0.3 is 14.8 Å². The molecule has 0 radical (unpaired) electrons. The summed E-state index contributed by atoms with van der Waals surface area (Å²) in [5, 5.41) is 7.22. The van der Waals surface area contributed by atoms with Crippen molar-refractivity contribution in [3.8, 4) is 5.69 Å². The van der Waals surface area contributed by atoms with Crippen LogP contribution in [0.5, 0.6) is 0 Å². The van der Waals surface area contributed by atoms with Crippen molar-refractivity contribution in [2.24, 2.45) is 0 Å². The fraction of sp³-hybridized carbons (Fsp3) is 0.118. The molecular weight excluding hydrogens is 454 g/mol. The normalized spacial score (nSPS) is 11.1. The number of hydrogen-bond donors (Lipinski definition) is 2. The minimum Gasteiger partial charge on any atom is -0.360 e. The second kappa shape index (κ2) is 8.11. The molecular formula is C17H12ClN5O3S3. The van der Waals surface area contributed by atoms with Crippen LogP contribution in [0.15, 0.2) is 44.8 Å². The maximum absolute atomic E-state index is 12.5. The molecule has 29 heavy (non-hydrogen) atoms. The number of nitrogens with one attached hydrogen (secondary N) is 2. The van der Waals surface area contributed by atoms with Gasteiger partial charge in [-0.2, -0.15) is 0 Å². The van der Waals surface area contributed by atoms with Gasteiger partial charge in [-0.15, -0.1) is 0 Å². The first-order valence-corrected chi connectivity index (χ1v) is 10.8. The van der Waals surface area contributed by atoms with Crippen molar-refractivity contribution in [3.05, 3.63) is 55.4 Å². The maximum Gasteiger partial charge on any atom is 0.271 e. The molecule has 12 heteroatoms. The highest BCUT2D eigenvalue weighted by atomic mass is 35.5. The minimum atomic E-state index is -0.311. The number of benzene rings is 1. The van der Waals surface area contributed by atoms with Crippen LogP contribution < -0.4 is 10.9 Å². The van der Waals surface area contributed by atoms with E-state index < -0.39 is 0 Å². The van der Waals surface area contributed by atoms with Crippen LogP contribution in [0.25, 0.3) is 16.0 Å². The van der Waals surface area contributed by atoms with E-state index in [1.54, 1.807) is 41.8 Å². The van der Waals surface area contributed by atoms with E-state index in [4.69, 9.17) is 28.3 Å². The zero-order valence-electron chi connectivity index (χ0n) is 14.8. The number of hydrogen-bond acceptors (Lipinski definition) is 8. The number of amides is 1. The molecule has 3 aromatic heterocycles. The number of nitrogens with zero attached hydrogens (tertiary/aromatic N) is 3. The molecule has 0 aliphatic carbocycles. The van der Waals surface area contributed by atoms with E-state index in [0.717, 1.165) is 17.4 Å². The van der Waals surface area contributed by atoms with Crippen LogP contribution in [0.3, 0.4) is 0 Å². The molecule has 0 spiro atoms. The lowest BCUT2D eigenvalue weighted by molar-refractivity contribution is -0.113. The third-order valence-corrected chi connectivity index (χ3v) is 6.23. The number of aromatic nitrogens is 4. The molecule has 4 aromatic rings. The number of H-pyrrole nitrogens is 1. The molecule has 0 atom stereocenters. The Hall–Kier alpha value is -2.47. The van der Waals surface area contributed by atoms with Crippen LogP contribution >= 0.6 is 46.9 Å². The fourth-order valence-corrected chi connectivity index (χ4v) is 4.57. The van der Waals surface area contributed by atoms with E-state index in [9.17, 15) is 9.59 Å². The van der Waals surface area contributed by atoms with E-state index in [0.29, 0.717) is 36.1 Å². The highest BCUT2D eigenvalue weighted by Crippen LogP contribution is 2.25. The lowest BCUT2D eigenvalue weighted by Gasteiger charge is -2.06. The third-order valence-electron chi connectivity index (χ3n) is 3.74. The van der Waals surface area contributed by atoms with Crippen molar-refractivity contribution in [1.82, 2.24) is 19.7 Å². The quantitative estimate of drug-likeness (QED) is 0.258. The first kappa shape index (κ1) is 19.8. The van der Waals surface area contributed by atoms with Gasteiger partial charge in [-0.3, -0.25) is 14.2 Å². The minimum absolute atomic E-state index is 0.0339. The average Bonchev–Trinajstić information content (AvgIpc) is 3.23. The Morgan fingerprint density at radius 2 is 2.17 bits per heavy atom. The Labute approximate surface area is 181 Å². The summed E-state index contributed by atoms with van der Waals surface area (Å²) in [6.45, 7) is 1.73. The molecule has 0 unspecified atom stereocenters. The summed E-state index contributed by atoms with van der Waals surface area (Å²) in [5.74, 6) is 0.657. The van der Waals surface area contributed by atoms with Gasteiger partial charge in [0.25, 0.3) is 5.56 Å². The van der Waals surface area contributed by atoms with Gasteiger partial charge in [0.1, 0.15) is 10.5 Å². The van der Waals surface area contributed by atoms with Crippen molar-refractivity contribution in [3.63, 3.8) is 0 Å². The third kappa shape index (κ3) is 4.27. The van der Waals surface area contributed by atoms with E-state index in [2.05, 4.69) is 20.4 Å². The lowest BCUT2D eigenvalue weighted by Crippen LogP contribution is -2.15. The number of carbonyl (C=O) groups excluding carboxylic acids is 1. The van der Waals surface area contributed by atoms with Gasteiger partial charge in [0.05, 0.1) is 5.75 Å². The predicted octanol–water partition coefficient (Wildman–Crippen LogP) is 4.19. The van der Waals surface area contributed by atoms with Crippen molar-refractivity contribution < 1.29 is 9.32 Å².